The maximum atomic E-state index is 12.3. The van der Waals surface area contributed by atoms with Crippen molar-refractivity contribution in [2.24, 2.45) is 0 Å². The molecule has 0 atom stereocenters. The summed E-state index contributed by atoms with van der Waals surface area (Å²) in [5.74, 6) is 0.210. The van der Waals surface area contributed by atoms with E-state index < -0.39 is 0 Å². The number of anilines is 2. The largest absolute Gasteiger partial charge is 0.382 e. The van der Waals surface area contributed by atoms with Crippen molar-refractivity contribution >= 4 is 28.2 Å². The molecule has 0 aromatic carbocycles. The summed E-state index contributed by atoms with van der Waals surface area (Å²) in [6.45, 7) is 12.0. The zero-order valence-corrected chi connectivity index (χ0v) is 12.9. The van der Waals surface area contributed by atoms with Crippen molar-refractivity contribution < 1.29 is 4.79 Å². The average molecular weight is 282 g/mol. The van der Waals surface area contributed by atoms with E-state index in [9.17, 15) is 4.79 Å². The van der Waals surface area contributed by atoms with Gasteiger partial charge in [0.1, 0.15) is 10.7 Å². The van der Waals surface area contributed by atoms with Gasteiger partial charge in [-0.05, 0) is 20.8 Å². The van der Waals surface area contributed by atoms with Crippen LogP contribution in [0.25, 0.3) is 0 Å². The third-order valence-corrected chi connectivity index (χ3v) is 3.84. The number of carbonyl (C=O) groups excluding carboxylic acids is 1. The Morgan fingerprint density at radius 2 is 2.00 bits per heavy atom. The molecule has 1 rings (SSSR count). The lowest BCUT2D eigenvalue weighted by Crippen LogP contribution is -2.28. The molecule has 0 saturated carbocycles. The van der Waals surface area contributed by atoms with Crippen LogP contribution < -0.4 is 10.6 Å². The molecule has 1 amide bonds. The molecule has 1 aromatic rings. The van der Waals surface area contributed by atoms with Gasteiger partial charge in [0, 0.05) is 26.7 Å². The van der Waals surface area contributed by atoms with Crippen LogP contribution >= 0.6 is 11.3 Å². The Balaban J connectivity index is 2.95. The van der Waals surface area contributed by atoms with Crippen LogP contribution in [-0.4, -0.2) is 42.5 Å². The zero-order chi connectivity index (χ0) is 14.6. The number of amides is 1. The number of rotatable bonds is 6. The number of aromatic nitrogens is 1. The van der Waals surface area contributed by atoms with Crippen molar-refractivity contribution in [1.29, 1.82) is 0 Å². The van der Waals surface area contributed by atoms with Gasteiger partial charge in [0.15, 0.2) is 5.13 Å². The van der Waals surface area contributed by atoms with Gasteiger partial charge in [-0.3, -0.25) is 4.79 Å². The van der Waals surface area contributed by atoms with Gasteiger partial charge < -0.3 is 15.5 Å². The van der Waals surface area contributed by atoms with Crippen molar-refractivity contribution in [3.8, 4) is 0 Å². The third kappa shape index (κ3) is 3.70. The van der Waals surface area contributed by atoms with Crippen LogP contribution in [0.1, 0.15) is 30.4 Å². The van der Waals surface area contributed by atoms with Crippen LogP contribution in [0.2, 0.25) is 0 Å². The van der Waals surface area contributed by atoms with Crippen molar-refractivity contribution in [3.05, 3.63) is 17.0 Å². The smallest absolute Gasteiger partial charge is 0.267 e. The number of nitrogens with zero attached hydrogens (tertiary/aromatic N) is 3. The Bertz CT molecular complexity index is 465. The summed E-state index contributed by atoms with van der Waals surface area (Å²) in [7, 11) is 1.74. The normalized spacial score (nSPS) is 10.3. The SMILES string of the molecule is C=C(C)CN(C)C(=O)c1sc(N(CC)CC)nc1N. The summed E-state index contributed by atoms with van der Waals surface area (Å²) < 4.78 is 0. The first-order valence-electron chi connectivity index (χ1n) is 6.31. The van der Waals surface area contributed by atoms with Gasteiger partial charge in [-0.2, -0.15) is 0 Å². The topological polar surface area (TPSA) is 62.5 Å². The molecule has 0 radical (unpaired) electrons. The van der Waals surface area contributed by atoms with Crippen LogP contribution in [0.4, 0.5) is 10.9 Å². The van der Waals surface area contributed by atoms with E-state index in [1.54, 1.807) is 11.9 Å². The van der Waals surface area contributed by atoms with E-state index in [1.165, 1.54) is 11.3 Å². The van der Waals surface area contributed by atoms with Gasteiger partial charge >= 0.3 is 0 Å². The lowest BCUT2D eigenvalue weighted by atomic mass is 10.3. The highest BCUT2D eigenvalue weighted by molar-refractivity contribution is 7.18. The van der Waals surface area contributed by atoms with E-state index in [4.69, 9.17) is 5.73 Å². The molecular weight excluding hydrogens is 260 g/mol. The number of likely N-dealkylation sites (N-methyl/N-ethyl adjacent to an activating group) is 1. The average Bonchev–Trinajstić information content (AvgIpc) is 2.71. The fraction of sp³-hybridized carbons (Fsp3) is 0.538. The lowest BCUT2D eigenvalue weighted by Gasteiger charge is -2.17. The Hall–Kier alpha value is -1.56. The molecule has 0 unspecified atom stereocenters. The first-order valence-corrected chi connectivity index (χ1v) is 7.13. The van der Waals surface area contributed by atoms with Crippen LogP contribution in [-0.2, 0) is 0 Å². The van der Waals surface area contributed by atoms with Crippen LogP contribution in [0.15, 0.2) is 12.2 Å². The number of nitrogen functional groups attached to an aromatic ring is 1. The number of nitrogens with two attached hydrogens (primary N) is 1. The van der Waals surface area contributed by atoms with E-state index in [0.717, 1.165) is 23.8 Å². The van der Waals surface area contributed by atoms with Gasteiger partial charge in [-0.15, -0.1) is 0 Å². The molecule has 0 bridgehead atoms. The fourth-order valence-electron chi connectivity index (χ4n) is 1.75. The van der Waals surface area contributed by atoms with E-state index in [0.29, 0.717) is 17.2 Å². The molecule has 0 fully saturated rings. The molecule has 0 aliphatic carbocycles. The predicted octanol–water partition coefficient (Wildman–Crippen LogP) is 2.22. The Morgan fingerprint density at radius 1 is 1.42 bits per heavy atom. The first-order chi connectivity index (χ1) is 8.90. The molecule has 19 heavy (non-hydrogen) atoms. The summed E-state index contributed by atoms with van der Waals surface area (Å²) in [6.07, 6.45) is 0. The van der Waals surface area contributed by atoms with Crippen molar-refractivity contribution in [1.82, 2.24) is 9.88 Å². The fourth-order valence-corrected chi connectivity index (χ4v) is 2.86. The van der Waals surface area contributed by atoms with E-state index >= 15 is 0 Å². The lowest BCUT2D eigenvalue weighted by molar-refractivity contribution is 0.0812. The molecule has 2 N–H and O–H groups in total. The molecular formula is C13H22N4OS. The summed E-state index contributed by atoms with van der Waals surface area (Å²) in [5, 5.41) is 0.801. The van der Waals surface area contributed by atoms with Crippen molar-refractivity contribution in [3.63, 3.8) is 0 Å². The second-order valence-electron chi connectivity index (χ2n) is 4.50. The number of hydrogen-bond acceptors (Lipinski definition) is 5. The van der Waals surface area contributed by atoms with Crippen molar-refractivity contribution in [2.45, 2.75) is 20.8 Å². The van der Waals surface area contributed by atoms with Gasteiger partial charge in [0.25, 0.3) is 5.91 Å². The molecule has 1 aromatic heterocycles. The molecule has 1 heterocycles. The number of thiazole rings is 1. The molecule has 0 aliphatic heterocycles. The molecule has 0 saturated heterocycles. The van der Waals surface area contributed by atoms with Crippen LogP contribution in [0.3, 0.4) is 0 Å². The molecule has 106 valence electrons. The molecule has 0 aliphatic rings. The molecule has 0 spiro atoms. The quantitative estimate of drug-likeness (QED) is 0.813. The van der Waals surface area contributed by atoms with Crippen LogP contribution in [0.5, 0.6) is 0 Å². The molecule has 6 heteroatoms. The summed E-state index contributed by atoms with van der Waals surface area (Å²) in [4.78, 5) is 20.8. The Labute approximate surface area is 118 Å². The minimum atomic E-state index is -0.101. The highest BCUT2D eigenvalue weighted by Gasteiger charge is 2.21. The minimum absolute atomic E-state index is 0.101. The monoisotopic (exact) mass is 282 g/mol. The van der Waals surface area contributed by atoms with Gasteiger partial charge in [0.2, 0.25) is 0 Å². The summed E-state index contributed by atoms with van der Waals surface area (Å²) >= 11 is 1.35. The highest BCUT2D eigenvalue weighted by atomic mass is 32.1. The predicted molar refractivity (Wildman–Crippen MR) is 81.9 cm³/mol. The maximum absolute atomic E-state index is 12.3. The number of hydrogen-bond donors (Lipinski definition) is 1. The van der Waals surface area contributed by atoms with Crippen molar-refractivity contribution in [2.75, 3.05) is 37.3 Å². The van der Waals surface area contributed by atoms with Gasteiger partial charge in [0.05, 0.1) is 0 Å². The number of carbonyl (C=O) groups is 1. The first kappa shape index (κ1) is 15.5. The highest BCUT2D eigenvalue weighted by Crippen LogP contribution is 2.28. The summed E-state index contributed by atoms with van der Waals surface area (Å²) in [5.41, 5.74) is 6.79. The second-order valence-corrected chi connectivity index (χ2v) is 5.48. The molecule has 5 nitrogen and oxygen atoms in total. The Kier molecular flexibility index (Phi) is 5.35. The van der Waals surface area contributed by atoms with Gasteiger partial charge in [-0.25, -0.2) is 4.98 Å². The maximum Gasteiger partial charge on any atom is 0.267 e. The third-order valence-electron chi connectivity index (χ3n) is 2.72. The van der Waals surface area contributed by atoms with Gasteiger partial charge in [-0.1, -0.05) is 23.5 Å². The van der Waals surface area contributed by atoms with Crippen LogP contribution in [0, 0.1) is 0 Å². The Morgan fingerprint density at radius 3 is 2.47 bits per heavy atom. The zero-order valence-electron chi connectivity index (χ0n) is 12.1. The van der Waals surface area contributed by atoms with E-state index in [-0.39, 0.29) is 5.91 Å². The standard InChI is InChI=1S/C13H22N4OS/c1-6-17(7-2)13-15-11(14)10(19-13)12(18)16(5)8-9(3)4/h3,6-8,14H2,1-2,4-5H3. The summed E-state index contributed by atoms with van der Waals surface area (Å²) in [6, 6.07) is 0. The second kappa shape index (κ2) is 6.56. The van der Waals surface area contributed by atoms with E-state index in [1.807, 2.05) is 6.92 Å². The minimum Gasteiger partial charge on any atom is -0.382 e. The van der Waals surface area contributed by atoms with E-state index in [2.05, 4.69) is 30.3 Å².